The van der Waals surface area contributed by atoms with Gasteiger partial charge in [0.2, 0.25) is 0 Å². The van der Waals surface area contributed by atoms with Gasteiger partial charge in [-0.25, -0.2) is 0 Å². The van der Waals surface area contributed by atoms with Crippen LogP contribution in [-0.4, -0.2) is 33.7 Å². The van der Waals surface area contributed by atoms with Crippen LogP contribution in [0.1, 0.15) is 36.5 Å². The van der Waals surface area contributed by atoms with Gasteiger partial charge in [0, 0.05) is 35.1 Å². The van der Waals surface area contributed by atoms with Crippen LogP contribution in [0.15, 0.2) is 30.3 Å². The van der Waals surface area contributed by atoms with E-state index >= 15 is 0 Å². The van der Waals surface area contributed by atoms with E-state index in [0.717, 1.165) is 12.0 Å². The number of Topliss-reactive ketones (excluding diaryl/α,β-unsaturated/α-hetero) is 1. The number of hydrogen-bond donors (Lipinski definition) is 0. The molecule has 3 nitrogen and oxygen atoms in total. The Bertz CT molecular complexity index is 444. The van der Waals surface area contributed by atoms with Gasteiger partial charge in [0.15, 0.2) is 5.78 Å². The van der Waals surface area contributed by atoms with Crippen LogP contribution in [0.25, 0.3) is 0 Å². The van der Waals surface area contributed by atoms with Gasteiger partial charge in [-0.1, -0.05) is 30.3 Å². The highest BCUT2D eigenvalue weighted by molar-refractivity contribution is 7.85. The summed E-state index contributed by atoms with van der Waals surface area (Å²) in [4.78, 5) is 11.9. The molecule has 3 unspecified atom stereocenters. The van der Waals surface area contributed by atoms with Crippen molar-refractivity contribution in [2.75, 3.05) is 12.4 Å². The second kappa shape index (κ2) is 6.96. The highest BCUT2D eigenvalue weighted by Crippen LogP contribution is 2.19. The Labute approximate surface area is 116 Å². The van der Waals surface area contributed by atoms with E-state index in [-0.39, 0.29) is 17.1 Å². The summed E-state index contributed by atoms with van der Waals surface area (Å²) in [6, 6.07) is 9.28. The van der Waals surface area contributed by atoms with Crippen molar-refractivity contribution in [1.82, 2.24) is 0 Å². The van der Waals surface area contributed by atoms with E-state index in [2.05, 4.69) is 0 Å². The van der Waals surface area contributed by atoms with E-state index in [1.807, 2.05) is 37.3 Å². The first-order valence-electron chi connectivity index (χ1n) is 6.75. The van der Waals surface area contributed by atoms with E-state index in [1.54, 1.807) is 0 Å². The number of ether oxygens (including phenoxy) is 1. The van der Waals surface area contributed by atoms with Gasteiger partial charge in [-0.2, -0.15) is 0 Å². The summed E-state index contributed by atoms with van der Waals surface area (Å²) < 4.78 is 17.5. The minimum atomic E-state index is -0.875. The summed E-state index contributed by atoms with van der Waals surface area (Å²) in [6.45, 7) is 2.69. The lowest BCUT2D eigenvalue weighted by Crippen LogP contribution is -2.25. The predicted octanol–water partition coefficient (Wildman–Crippen LogP) is 2.58. The molecule has 1 aliphatic heterocycles. The largest absolute Gasteiger partial charge is 0.377 e. The van der Waals surface area contributed by atoms with Gasteiger partial charge in [-0.15, -0.1) is 0 Å². The van der Waals surface area contributed by atoms with Gasteiger partial charge >= 0.3 is 0 Å². The lowest BCUT2D eigenvalue weighted by Gasteiger charge is -2.13. The third-order valence-electron chi connectivity index (χ3n) is 3.49. The molecule has 0 spiro atoms. The Hall–Kier alpha value is -1.00. The monoisotopic (exact) mass is 280 g/mol. The van der Waals surface area contributed by atoms with Crippen molar-refractivity contribution >= 4 is 16.6 Å². The second-order valence-electron chi connectivity index (χ2n) is 4.88. The van der Waals surface area contributed by atoms with Crippen LogP contribution in [0.5, 0.6) is 0 Å². The summed E-state index contributed by atoms with van der Waals surface area (Å²) in [7, 11) is -0.875. The second-order valence-corrected chi connectivity index (χ2v) is 6.66. The molecule has 0 aromatic heterocycles. The quantitative estimate of drug-likeness (QED) is 0.752. The van der Waals surface area contributed by atoms with Crippen molar-refractivity contribution < 1.29 is 13.7 Å². The zero-order valence-corrected chi connectivity index (χ0v) is 12.0. The van der Waals surface area contributed by atoms with Crippen molar-refractivity contribution in [1.29, 1.82) is 0 Å². The first kappa shape index (κ1) is 14.4. The smallest absolute Gasteiger partial charge is 0.162 e. The van der Waals surface area contributed by atoms with Gasteiger partial charge in [-0.3, -0.25) is 9.00 Å². The maximum Gasteiger partial charge on any atom is 0.162 e. The number of carbonyl (C=O) groups excluding carboxylic acids is 1. The first-order chi connectivity index (χ1) is 9.18. The molecule has 1 aromatic carbocycles. The fourth-order valence-corrected chi connectivity index (χ4v) is 3.95. The van der Waals surface area contributed by atoms with E-state index in [9.17, 15) is 9.00 Å². The summed E-state index contributed by atoms with van der Waals surface area (Å²) in [6.07, 6.45) is 2.12. The molecule has 0 radical (unpaired) electrons. The number of carbonyl (C=O) groups is 1. The average molecular weight is 280 g/mol. The van der Waals surface area contributed by atoms with Crippen molar-refractivity contribution in [3.63, 3.8) is 0 Å². The van der Waals surface area contributed by atoms with E-state index in [0.29, 0.717) is 25.2 Å². The number of ketones is 1. The zero-order chi connectivity index (χ0) is 13.7. The molecule has 1 aromatic rings. The maximum atomic E-state index is 12.1. The Morgan fingerprint density at radius 2 is 2.11 bits per heavy atom. The van der Waals surface area contributed by atoms with Gasteiger partial charge in [0.1, 0.15) is 0 Å². The number of benzene rings is 1. The van der Waals surface area contributed by atoms with Crippen LogP contribution in [-0.2, 0) is 15.5 Å². The lowest BCUT2D eigenvalue weighted by atomic mass is 10.1. The van der Waals surface area contributed by atoms with Crippen molar-refractivity contribution in [3.05, 3.63) is 35.9 Å². The van der Waals surface area contributed by atoms with Crippen LogP contribution in [0.2, 0.25) is 0 Å². The van der Waals surface area contributed by atoms with Crippen molar-refractivity contribution in [2.45, 2.75) is 37.5 Å². The molecule has 4 heteroatoms. The molecule has 104 valence electrons. The summed E-state index contributed by atoms with van der Waals surface area (Å²) in [5.74, 6) is 0.727. The number of hydrogen-bond acceptors (Lipinski definition) is 3. The Morgan fingerprint density at radius 3 is 2.74 bits per heavy atom. The molecule has 1 heterocycles. The normalized spacial score (nSPS) is 24.3. The molecule has 0 N–H and O–H groups in total. The molecule has 1 saturated heterocycles. The lowest BCUT2D eigenvalue weighted by molar-refractivity contribution is 0.0982. The van der Waals surface area contributed by atoms with Crippen LogP contribution in [0, 0.1) is 0 Å². The Balaban J connectivity index is 1.75. The fourth-order valence-electron chi connectivity index (χ4n) is 2.35. The molecule has 1 fully saturated rings. The SMILES string of the molecule is CC1OCCC1S(=O)CCCC(=O)c1ccccc1. The predicted molar refractivity (Wildman–Crippen MR) is 76.8 cm³/mol. The molecule has 0 amide bonds. The molecule has 0 aliphatic carbocycles. The molecule has 0 bridgehead atoms. The van der Waals surface area contributed by atoms with Gasteiger partial charge in [-0.05, 0) is 19.8 Å². The molecule has 3 atom stereocenters. The molecule has 0 saturated carbocycles. The Kier molecular flexibility index (Phi) is 5.28. The molecular weight excluding hydrogens is 260 g/mol. The number of rotatable bonds is 6. The molecule has 2 rings (SSSR count). The molecule has 1 aliphatic rings. The summed E-state index contributed by atoms with van der Waals surface area (Å²) >= 11 is 0. The molecular formula is C15H20O3S. The van der Waals surface area contributed by atoms with Crippen LogP contribution >= 0.6 is 0 Å². The highest BCUT2D eigenvalue weighted by Gasteiger charge is 2.29. The Morgan fingerprint density at radius 1 is 1.37 bits per heavy atom. The van der Waals surface area contributed by atoms with Gasteiger partial charge in [0.05, 0.1) is 11.4 Å². The van der Waals surface area contributed by atoms with E-state index in [4.69, 9.17) is 4.74 Å². The van der Waals surface area contributed by atoms with Gasteiger partial charge in [0.25, 0.3) is 0 Å². The highest BCUT2D eigenvalue weighted by atomic mass is 32.2. The maximum absolute atomic E-state index is 12.1. The standard InChI is InChI=1S/C15H20O3S/c1-12-15(9-10-18-12)19(17)11-5-8-14(16)13-6-3-2-4-7-13/h2-4,6-7,12,15H,5,8-11H2,1H3. The minimum absolute atomic E-state index is 0.0886. The topological polar surface area (TPSA) is 43.4 Å². The van der Waals surface area contributed by atoms with Crippen LogP contribution < -0.4 is 0 Å². The van der Waals surface area contributed by atoms with Crippen molar-refractivity contribution in [2.24, 2.45) is 0 Å². The fraction of sp³-hybridized carbons (Fsp3) is 0.533. The molecule has 19 heavy (non-hydrogen) atoms. The zero-order valence-electron chi connectivity index (χ0n) is 11.2. The van der Waals surface area contributed by atoms with E-state index in [1.165, 1.54) is 0 Å². The first-order valence-corrected chi connectivity index (χ1v) is 8.13. The summed E-state index contributed by atoms with van der Waals surface area (Å²) in [5, 5.41) is 0.145. The van der Waals surface area contributed by atoms with Crippen LogP contribution in [0.4, 0.5) is 0 Å². The summed E-state index contributed by atoms with van der Waals surface area (Å²) in [5.41, 5.74) is 0.742. The third kappa shape index (κ3) is 3.98. The van der Waals surface area contributed by atoms with Crippen molar-refractivity contribution in [3.8, 4) is 0 Å². The third-order valence-corrected chi connectivity index (χ3v) is 5.47. The van der Waals surface area contributed by atoms with Gasteiger partial charge < -0.3 is 4.74 Å². The average Bonchev–Trinajstić information content (AvgIpc) is 2.86. The van der Waals surface area contributed by atoms with Crippen LogP contribution in [0.3, 0.4) is 0 Å². The minimum Gasteiger partial charge on any atom is -0.377 e. The van der Waals surface area contributed by atoms with E-state index < -0.39 is 10.8 Å².